The first kappa shape index (κ1) is 16.1. The number of piperidine rings is 2. The van der Waals surface area contributed by atoms with Gasteiger partial charge in [-0.1, -0.05) is 24.3 Å². The van der Waals surface area contributed by atoms with Crippen LogP contribution in [0.3, 0.4) is 0 Å². The molecule has 4 rings (SSSR count). The molecule has 0 saturated carbocycles. The smallest absolute Gasteiger partial charge is 0.226 e. The zero-order chi connectivity index (χ0) is 16.7. The van der Waals surface area contributed by atoms with Crippen molar-refractivity contribution in [3.8, 4) is 0 Å². The number of rotatable bonds is 2. The van der Waals surface area contributed by atoms with Crippen molar-refractivity contribution in [2.75, 3.05) is 33.3 Å². The molecule has 1 aliphatic carbocycles. The van der Waals surface area contributed by atoms with Crippen LogP contribution in [-0.4, -0.2) is 60.1 Å². The van der Waals surface area contributed by atoms with Gasteiger partial charge in [-0.25, -0.2) is 0 Å². The lowest BCUT2D eigenvalue weighted by Gasteiger charge is -2.53. The minimum absolute atomic E-state index is 0.00240. The largest absolute Gasteiger partial charge is 0.396 e. The van der Waals surface area contributed by atoms with E-state index in [0.717, 1.165) is 51.7 Å². The summed E-state index contributed by atoms with van der Waals surface area (Å²) in [7, 11) is 2.15. The summed E-state index contributed by atoms with van der Waals surface area (Å²) in [6, 6.07) is 8.76. The van der Waals surface area contributed by atoms with E-state index < -0.39 is 0 Å². The van der Waals surface area contributed by atoms with Crippen LogP contribution in [0.4, 0.5) is 0 Å². The van der Waals surface area contributed by atoms with Gasteiger partial charge in [0, 0.05) is 30.5 Å². The highest BCUT2D eigenvalue weighted by Crippen LogP contribution is 2.42. The average Bonchev–Trinajstić information content (AvgIpc) is 3.05. The van der Waals surface area contributed by atoms with Crippen molar-refractivity contribution in [1.82, 2.24) is 9.80 Å². The van der Waals surface area contributed by atoms with Gasteiger partial charge in [0.2, 0.25) is 5.91 Å². The molecule has 0 radical (unpaired) electrons. The number of aliphatic hydroxyl groups is 1. The molecule has 1 aromatic rings. The van der Waals surface area contributed by atoms with Gasteiger partial charge >= 0.3 is 0 Å². The summed E-state index contributed by atoms with van der Waals surface area (Å²) in [5.74, 6) is 0.426. The third-order valence-electron chi connectivity index (χ3n) is 6.72. The van der Waals surface area contributed by atoms with Crippen molar-refractivity contribution in [3.05, 3.63) is 35.4 Å². The van der Waals surface area contributed by atoms with Crippen molar-refractivity contribution in [1.29, 1.82) is 0 Å². The van der Waals surface area contributed by atoms with Gasteiger partial charge in [-0.3, -0.25) is 4.79 Å². The highest BCUT2D eigenvalue weighted by molar-refractivity contribution is 5.80. The Bertz CT molecular complexity index is 607. The van der Waals surface area contributed by atoms with E-state index in [1.807, 2.05) is 0 Å². The standard InChI is InChI=1S/C20H28N2O2/c1-21-9-4-7-20(14-23)8-10-22(13-18(20)21)19(24)17-11-15-5-2-3-6-16(15)12-17/h2-3,5-6,17-18,23H,4,7-14H2,1H3/t18-,20-/m1/s1. The van der Waals surface area contributed by atoms with Crippen LogP contribution in [0.5, 0.6) is 0 Å². The first-order valence-corrected chi connectivity index (χ1v) is 9.30. The number of carbonyl (C=O) groups excluding carboxylic acids is 1. The molecule has 24 heavy (non-hydrogen) atoms. The van der Waals surface area contributed by atoms with Crippen molar-refractivity contribution in [3.63, 3.8) is 0 Å². The van der Waals surface area contributed by atoms with Crippen LogP contribution in [0.25, 0.3) is 0 Å². The van der Waals surface area contributed by atoms with Crippen molar-refractivity contribution in [2.24, 2.45) is 11.3 Å². The topological polar surface area (TPSA) is 43.8 Å². The molecule has 0 unspecified atom stereocenters. The molecule has 0 spiro atoms. The van der Waals surface area contributed by atoms with Gasteiger partial charge in [0.05, 0.1) is 6.61 Å². The van der Waals surface area contributed by atoms with Gasteiger partial charge in [-0.2, -0.15) is 0 Å². The average molecular weight is 328 g/mol. The maximum Gasteiger partial charge on any atom is 0.226 e. The molecule has 2 atom stereocenters. The number of hydrogen-bond acceptors (Lipinski definition) is 3. The Morgan fingerprint density at radius 3 is 2.58 bits per heavy atom. The van der Waals surface area contributed by atoms with Gasteiger partial charge in [0.25, 0.3) is 0 Å². The Hall–Kier alpha value is -1.39. The second-order valence-electron chi connectivity index (χ2n) is 8.03. The minimum atomic E-state index is 0.00240. The van der Waals surface area contributed by atoms with Gasteiger partial charge < -0.3 is 14.9 Å². The van der Waals surface area contributed by atoms with Gasteiger partial charge in [-0.15, -0.1) is 0 Å². The van der Waals surface area contributed by atoms with Crippen molar-refractivity contribution in [2.45, 2.75) is 38.1 Å². The Morgan fingerprint density at radius 2 is 1.92 bits per heavy atom. The molecule has 1 N–H and O–H groups in total. The fraction of sp³-hybridized carbons (Fsp3) is 0.650. The van der Waals surface area contributed by atoms with E-state index in [-0.39, 0.29) is 17.9 Å². The zero-order valence-electron chi connectivity index (χ0n) is 14.6. The molecule has 4 heteroatoms. The van der Waals surface area contributed by atoms with E-state index in [2.05, 4.69) is 41.1 Å². The van der Waals surface area contributed by atoms with Crippen LogP contribution in [0.1, 0.15) is 30.4 Å². The summed E-state index contributed by atoms with van der Waals surface area (Å²) in [6.07, 6.45) is 4.95. The van der Waals surface area contributed by atoms with Crippen LogP contribution < -0.4 is 0 Å². The Balaban J connectivity index is 1.47. The van der Waals surface area contributed by atoms with Crippen LogP contribution in [-0.2, 0) is 17.6 Å². The fourth-order valence-corrected chi connectivity index (χ4v) is 5.21. The maximum atomic E-state index is 13.1. The summed E-state index contributed by atoms with van der Waals surface area (Å²) in [4.78, 5) is 17.5. The quantitative estimate of drug-likeness (QED) is 0.899. The van der Waals surface area contributed by atoms with Gasteiger partial charge in [0.15, 0.2) is 0 Å². The van der Waals surface area contributed by atoms with Crippen molar-refractivity contribution < 1.29 is 9.90 Å². The van der Waals surface area contributed by atoms with Crippen LogP contribution >= 0.6 is 0 Å². The first-order valence-electron chi connectivity index (χ1n) is 9.30. The monoisotopic (exact) mass is 328 g/mol. The SMILES string of the molecule is CN1CCC[C@]2(CO)CCN(C(=O)C3Cc4ccccc4C3)C[C@@H]12. The zero-order valence-corrected chi connectivity index (χ0v) is 14.6. The molecule has 2 aliphatic heterocycles. The number of likely N-dealkylation sites (tertiary alicyclic amines) is 2. The highest BCUT2D eigenvalue weighted by atomic mass is 16.3. The van der Waals surface area contributed by atoms with Crippen LogP contribution in [0.2, 0.25) is 0 Å². The predicted molar refractivity (Wildman–Crippen MR) is 93.7 cm³/mol. The number of hydrogen-bond donors (Lipinski definition) is 1. The first-order chi connectivity index (χ1) is 11.6. The van der Waals surface area contributed by atoms with E-state index in [1.54, 1.807) is 0 Å². The molecule has 130 valence electrons. The second kappa shape index (κ2) is 6.16. The number of likely N-dealkylation sites (N-methyl/N-ethyl adjacent to an activating group) is 1. The number of amides is 1. The molecule has 0 bridgehead atoms. The van der Waals surface area contributed by atoms with Gasteiger partial charge in [-0.05, 0) is 56.8 Å². The summed E-state index contributed by atoms with van der Waals surface area (Å²) < 4.78 is 0. The Morgan fingerprint density at radius 1 is 1.21 bits per heavy atom. The molecule has 1 aromatic carbocycles. The van der Waals surface area contributed by atoms with E-state index in [9.17, 15) is 9.90 Å². The molecule has 2 fully saturated rings. The number of carbonyl (C=O) groups is 1. The Labute approximate surface area is 144 Å². The molecule has 4 nitrogen and oxygen atoms in total. The highest BCUT2D eigenvalue weighted by Gasteiger charge is 2.48. The van der Waals surface area contributed by atoms with Gasteiger partial charge in [0.1, 0.15) is 0 Å². The van der Waals surface area contributed by atoms with E-state index >= 15 is 0 Å². The summed E-state index contributed by atoms with van der Waals surface area (Å²) in [6.45, 7) is 2.90. The molecule has 2 heterocycles. The molecule has 2 saturated heterocycles. The summed E-state index contributed by atoms with van der Waals surface area (Å²) in [5.41, 5.74) is 2.68. The maximum absolute atomic E-state index is 13.1. The fourth-order valence-electron chi connectivity index (χ4n) is 5.21. The third kappa shape index (κ3) is 2.56. The predicted octanol–water partition coefficient (Wildman–Crippen LogP) is 1.71. The number of aliphatic hydroxyl groups excluding tert-OH is 1. The normalized spacial score (nSPS) is 30.9. The molecule has 0 aromatic heterocycles. The Kier molecular flexibility index (Phi) is 4.13. The molecular formula is C20H28N2O2. The van der Waals surface area contributed by atoms with Crippen molar-refractivity contribution >= 4 is 5.91 Å². The third-order valence-corrected chi connectivity index (χ3v) is 6.72. The summed E-state index contributed by atoms with van der Waals surface area (Å²) in [5, 5.41) is 10.0. The van der Waals surface area contributed by atoms with Crippen LogP contribution in [0.15, 0.2) is 24.3 Å². The number of nitrogens with zero attached hydrogens (tertiary/aromatic N) is 2. The van der Waals surface area contributed by atoms with E-state index in [4.69, 9.17) is 0 Å². The lowest BCUT2D eigenvalue weighted by Crippen LogP contribution is -2.62. The van der Waals surface area contributed by atoms with E-state index in [1.165, 1.54) is 11.1 Å². The lowest BCUT2D eigenvalue weighted by molar-refractivity contribution is -0.143. The molecular weight excluding hydrogens is 300 g/mol. The summed E-state index contributed by atoms with van der Waals surface area (Å²) >= 11 is 0. The lowest BCUT2D eigenvalue weighted by atomic mass is 9.69. The number of fused-ring (bicyclic) bond motifs is 2. The minimum Gasteiger partial charge on any atom is -0.396 e. The second-order valence-corrected chi connectivity index (χ2v) is 8.03. The van der Waals surface area contributed by atoms with E-state index in [0.29, 0.717) is 11.9 Å². The molecule has 1 amide bonds. The van der Waals surface area contributed by atoms with Crippen LogP contribution in [0, 0.1) is 11.3 Å². The molecule has 3 aliphatic rings. The number of benzene rings is 1.